The van der Waals surface area contributed by atoms with Crippen LogP contribution in [-0.4, -0.2) is 30.6 Å². The molecule has 0 aromatic rings. The fourth-order valence-corrected chi connectivity index (χ4v) is 1.84. The average Bonchev–Trinajstić information content (AvgIpc) is 2.50. The molecule has 1 aliphatic heterocycles. The number of nitrogens with two attached hydrogens (primary N) is 1. The van der Waals surface area contributed by atoms with Crippen molar-refractivity contribution >= 4 is 12.4 Å². The van der Waals surface area contributed by atoms with Crippen LogP contribution in [0, 0.1) is 17.8 Å². The summed E-state index contributed by atoms with van der Waals surface area (Å²) in [5.41, 5.74) is 5.12. The Balaban J connectivity index is 0.000000213. The lowest BCUT2D eigenvalue weighted by Crippen LogP contribution is -2.23. The van der Waals surface area contributed by atoms with Crippen molar-refractivity contribution in [2.45, 2.75) is 0 Å². The van der Waals surface area contributed by atoms with Gasteiger partial charge in [0.25, 0.3) is 6.47 Å². The maximum Gasteiger partial charge on any atom is 0.290 e. The number of fused-ring (bicyclic) bond motifs is 1. The Morgan fingerprint density at radius 3 is 2.17 bits per heavy atom. The molecule has 12 heavy (non-hydrogen) atoms. The van der Waals surface area contributed by atoms with Crippen LogP contribution in [0.15, 0.2) is 0 Å². The summed E-state index contributed by atoms with van der Waals surface area (Å²) in [4.78, 5) is 18.9. The third-order valence-electron chi connectivity index (χ3n) is 2.42. The predicted octanol–water partition coefficient (Wildman–Crippen LogP) is -1.36. The zero-order valence-electron chi connectivity index (χ0n) is 6.56. The van der Waals surface area contributed by atoms with Crippen LogP contribution in [-0.2, 0) is 9.59 Å². The molecule has 1 saturated heterocycles. The molecular weight excluding hydrogens is 160 g/mol. The molecule has 68 valence electrons. The van der Waals surface area contributed by atoms with Crippen LogP contribution in [0.5, 0.6) is 0 Å². The number of amides is 1. The molecule has 2 unspecified atom stereocenters. The zero-order valence-corrected chi connectivity index (χ0v) is 6.56. The van der Waals surface area contributed by atoms with E-state index >= 15 is 0 Å². The van der Waals surface area contributed by atoms with Crippen molar-refractivity contribution in [1.29, 1.82) is 0 Å². The second-order valence-corrected chi connectivity index (χ2v) is 3.02. The van der Waals surface area contributed by atoms with Gasteiger partial charge < -0.3 is 16.2 Å². The van der Waals surface area contributed by atoms with E-state index in [0.717, 1.165) is 13.1 Å². The van der Waals surface area contributed by atoms with Crippen LogP contribution in [0.25, 0.3) is 0 Å². The van der Waals surface area contributed by atoms with Gasteiger partial charge in [0.2, 0.25) is 5.91 Å². The van der Waals surface area contributed by atoms with E-state index in [-0.39, 0.29) is 18.3 Å². The standard InChI is InChI=1S/C6H10N2O.CH2O2/c7-6(9)5-3-1-8-2-4(3)5;2-1-3/h3-5,8H,1-2H2,(H2,7,9);1H,(H,2,3). The van der Waals surface area contributed by atoms with Crippen molar-refractivity contribution in [3.63, 3.8) is 0 Å². The third-order valence-corrected chi connectivity index (χ3v) is 2.42. The maximum absolute atomic E-state index is 10.6. The molecule has 2 rings (SSSR count). The lowest BCUT2D eigenvalue weighted by atomic mass is 10.3. The summed E-state index contributed by atoms with van der Waals surface area (Å²) in [6.07, 6.45) is 0. The van der Waals surface area contributed by atoms with E-state index in [0.29, 0.717) is 11.8 Å². The second-order valence-electron chi connectivity index (χ2n) is 3.02. The first kappa shape index (κ1) is 8.99. The highest BCUT2D eigenvalue weighted by Crippen LogP contribution is 2.48. The van der Waals surface area contributed by atoms with Crippen molar-refractivity contribution in [3.8, 4) is 0 Å². The van der Waals surface area contributed by atoms with Gasteiger partial charge in [-0.3, -0.25) is 9.59 Å². The molecule has 0 aromatic carbocycles. The first-order valence-corrected chi connectivity index (χ1v) is 3.80. The molecule has 2 fully saturated rings. The SMILES string of the molecule is NC(=O)C1C2CNCC21.O=CO. The molecule has 0 aromatic heterocycles. The Bertz CT molecular complexity index is 185. The third kappa shape index (κ3) is 1.55. The first-order valence-electron chi connectivity index (χ1n) is 3.80. The van der Waals surface area contributed by atoms with Crippen molar-refractivity contribution < 1.29 is 14.7 Å². The molecule has 1 heterocycles. The van der Waals surface area contributed by atoms with Crippen LogP contribution in [0.3, 0.4) is 0 Å². The van der Waals surface area contributed by atoms with Crippen molar-refractivity contribution in [2.24, 2.45) is 23.5 Å². The summed E-state index contributed by atoms with van der Waals surface area (Å²) >= 11 is 0. The minimum atomic E-state index is -0.250. The van der Waals surface area contributed by atoms with E-state index < -0.39 is 0 Å². The Labute approximate surface area is 69.9 Å². The number of piperidine rings is 1. The topological polar surface area (TPSA) is 92.4 Å². The Hall–Kier alpha value is -1.10. The van der Waals surface area contributed by atoms with Gasteiger partial charge in [0.1, 0.15) is 0 Å². The lowest BCUT2D eigenvalue weighted by molar-refractivity contribution is -0.123. The number of nitrogens with one attached hydrogen (secondary N) is 1. The summed E-state index contributed by atoms with van der Waals surface area (Å²) < 4.78 is 0. The molecule has 1 saturated carbocycles. The molecule has 0 spiro atoms. The van der Waals surface area contributed by atoms with E-state index in [9.17, 15) is 4.79 Å². The van der Waals surface area contributed by atoms with E-state index in [1.54, 1.807) is 0 Å². The Morgan fingerprint density at radius 2 is 1.92 bits per heavy atom. The molecule has 2 aliphatic rings. The molecule has 5 heteroatoms. The van der Waals surface area contributed by atoms with Crippen molar-refractivity contribution in [3.05, 3.63) is 0 Å². The minimum Gasteiger partial charge on any atom is -0.483 e. The van der Waals surface area contributed by atoms with Gasteiger partial charge in [0.05, 0.1) is 0 Å². The summed E-state index contributed by atoms with van der Waals surface area (Å²) in [6, 6.07) is 0. The van der Waals surface area contributed by atoms with Crippen LogP contribution in [0.4, 0.5) is 0 Å². The minimum absolute atomic E-state index is 0.105. The van der Waals surface area contributed by atoms with Gasteiger partial charge in [-0.1, -0.05) is 0 Å². The number of carbonyl (C=O) groups excluding carboxylic acids is 1. The number of hydrogen-bond donors (Lipinski definition) is 3. The fraction of sp³-hybridized carbons (Fsp3) is 0.714. The Kier molecular flexibility index (Phi) is 2.65. The van der Waals surface area contributed by atoms with Crippen LogP contribution in [0.1, 0.15) is 0 Å². The van der Waals surface area contributed by atoms with Crippen molar-refractivity contribution in [2.75, 3.05) is 13.1 Å². The highest BCUT2D eigenvalue weighted by atomic mass is 16.3. The van der Waals surface area contributed by atoms with Gasteiger partial charge in [-0.25, -0.2) is 0 Å². The smallest absolute Gasteiger partial charge is 0.290 e. The van der Waals surface area contributed by atoms with E-state index in [2.05, 4.69) is 5.32 Å². The first-order chi connectivity index (χ1) is 5.72. The molecular formula is C7H12N2O3. The molecule has 0 bridgehead atoms. The van der Waals surface area contributed by atoms with E-state index in [1.165, 1.54) is 0 Å². The maximum atomic E-state index is 10.6. The number of carboxylic acid groups (broad SMARTS) is 1. The van der Waals surface area contributed by atoms with Gasteiger partial charge in [-0.2, -0.15) is 0 Å². The average molecular weight is 172 g/mol. The highest BCUT2D eigenvalue weighted by Gasteiger charge is 2.55. The number of primary amides is 1. The monoisotopic (exact) mass is 172 g/mol. The molecule has 0 radical (unpaired) electrons. The normalized spacial score (nSPS) is 35.8. The summed E-state index contributed by atoms with van der Waals surface area (Å²) in [6.45, 7) is 1.75. The van der Waals surface area contributed by atoms with Gasteiger partial charge in [-0.15, -0.1) is 0 Å². The zero-order chi connectivity index (χ0) is 9.14. The van der Waals surface area contributed by atoms with E-state index in [1.807, 2.05) is 0 Å². The molecule has 5 nitrogen and oxygen atoms in total. The quantitative estimate of drug-likeness (QED) is 0.426. The van der Waals surface area contributed by atoms with Gasteiger partial charge in [0.15, 0.2) is 0 Å². The summed E-state index contributed by atoms with van der Waals surface area (Å²) in [5.74, 6) is 1.28. The van der Waals surface area contributed by atoms with Gasteiger partial charge in [-0.05, 0) is 24.9 Å². The van der Waals surface area contributed by atoms with Crippen LogP contribution >= 0.6 is 0 Å². The number of hydrogen-bond acceptors (Lipinski definition) is 3. The molecule has 1 aliphatic carbocycles. The number of carbonyl (C=O) groups is 2. The number of rotatable bonds is 1. The Morgan fingerprint density at radius 1 is 1.50 bits per heavy atom. The second kappa shape index (κ2) is 3.53. The molecule has 4 N–H and O–H groups in total. The van der Waals surface area contributed by atoms with Crippen molar-refractivity contribution in [1.82, 2.24) is 5.32 Å². The highest BCUT2D eigenvalue weighted by molar-refractivity contribution is 5.80. The molecule has 2 atom stereocenters. The van der Waals surface area contributed by atoms with Gasteiger partial charge >= 0.3 is 0 Å². The summed E-state index contributed by atoms with van der Waals surface area (Å²) in [7, 11) is 0. The summed E-state index contributed by atoms with van der Waals surface area (Å²) in [5, 5.41) is 10.1. The fourth-order valence-electron chi connectivity index (χ4n) is 1.84. The van der Waals surface area contributed by atoms with Crippen LogP contribution < -0.4 is 11.1 Å². The van der Waals surface area contributed by atoms with E-state index in [4.69, 9.17) is 15.6 Å². The largest absolute Gasteiger partial charge is 0.483 e. The molecule has 1 amide bonds. The predicted molar refractivity (Wildman–Crippen MR) is 41.2 cm³/mol. The van der Waals surface area contributed by atoms with Gasteiger partial charge in [0, 0.05) is 5.92 Å². The van der Waals surface area contributed by atoms with Crippen LogP contribution in [0.2, 0.25) is 0 Å². The lowest BCUT2D eigenvalue weighted by Gasteiger charge is -1.97.